The summed E-state index contributed by atoms with van der Waals surface area (Å²) in [7, 11) is -0.579. The van der Waals surface area contributed by atoms with Gasteiger partial charge in [0.25, 0.3) is 0 Å². The number of aromatic nitrogens is 2. The van der Waals surface area contributed by atoms with Gasteiger partial charge in [0.15, 0.2) is 0 Å². The van der Waals surface area contributed by atoms with Crippen molar-refractivity contribution in [3.05, 3.63) is 48.8 Å². The van der Waals surface area contributed by atoms with Gasteiger partial charge in [-0.05, 0) is 62.7 Å². The lowest BCUT2D eigenvalue weighted by molar-refractivity contribution is 0.779. The molecule has 0 aliphatic rings. The first-order valence-corrected chi connectivity index (χ1v) is 11.6. The standard InChI is InChI=1S/C20H30N2P2/c1-19(2,3)23(17-11-7-9-13-21-17)15-16-24(20(4,5)6)18-12-8-10-14-22-18/h7-14H,15-16H2,1-6H3. The SMILES string of the molecule is CC(C)(C)P(CCP(c1ccccn1)C(C)(C)C)c1ccccn1. The summed E-state index contributed by atoms with van der Waals surface area (Å²) in [5.74, 6) is 0. The van der Waals surface area contributed by atoms with Gasteiger partial charge in [-0.1, -0.05) is 53.7 Å². The van der Waals surface area contributed by atoms with Crippen molar-refractivity contribution in [3.8, 4) is 0 Å². The number of hydrogen-bond acceptors (Lipinski definition) is 2. The molecule has 0 spiro atoms. The molecule has 0 amide bonds. The van der Waals surface area contributed by atoms with Crippen LogP contribution in [-0.2, 0) is 0 Å². The Morgan fingerprint density at radius 2 is 1.04 bits per heavy atom. The van der Waals surface area contributed by atoms with Crippen LogP contribution in [0.5, 0.6) is 0 Å². The molecule has 0 aliphatic heterocycles. The largest absolute Gasteiger partial charge is 0.257 e. The topological polar surface area (TPSA) is 25.8 Å². The van der Waals surface area contributed by atoms with Crippen molar-refractivity contribution in [2.24, 2.45) is 0 Å². The summed E-state index contributed by atoms with van der Waals surface area (Å²) in [6.45, 7) is 14.1. The summed E-state index contributed by atoms with van der Waals surface area (Å²) in [6, 6.07) is 12.7. The molecule has 2 nitrogen and oxygen atoms in total. The highest BCUT2D eigenvalue weighted by molar-refractivity contribution is 7.70. The van der Waals surface area contributed by atoms with Crippen molar-refractivity contribution in [3.63, 3.8) is 0 Å². The molecule has 0 radical (unpaired) electrons. The molecule has 0 fully saturated rings. The van der Waals surface area contributed by atoms with Crippen LogP contribution in [0.1, 0.15) is 41.5 Å². The van der Waals surface area contributed by atoms with Gasteiger partial charge in [0.05, 0.1) is 10.9 Å². The molecule has 2 aromatic heterocycles. The fraction of sp³-hybridized carbons (Fsp3) is 0.500. The summed E-state index contributed by atoms with van der Waals surface area (Å²) in [5.41, 5.74) is 2.56. The lowest BCUT2D eigenvalue weighted by Gasteiger charge is -2.35. The molecule has 2 rings (SSSR count). The van der Waals surface area contributed by atoms with Gasteiger partial charge in [0.1, 0.15) is 0 Å². The molecule has 0 saturated heterocycles. The number of hydrogen-bond donors (Lipinski definition) is 0. The van der Waals surface area contributed by atoms with E-state index in [0.29, 0.717) is 0 Å². The zero-order valence-electron chi connectivity index (χ0n) is 15.8. The van der Waals surface area contributed by atoms with E-state index in [1.54, 1.807) is 0 Å². The van der Waals surface area contributed by atoms with Crippen molar-refractivity contribution in [1.29, 1.82) is 0 Å². The Balaban J connectivity index is 2.23. The van der Waals surface area contributed by atoms with E-state index in [-0.39, 0.29) is 26.2 Å². The van der Waals surface area contributed by atoms with Gasteiger partial charge in [0.2, 0.25) is 0 Å². The average molecular weight is 360 g/mol. The van der Waals surface area contributed by atoms with Gasteiger partial charge < -0.3 is 0 Å². The smallest absolute Gasteiger partial charge is 0.0636 e. The fourth-order valence-electron chi connectivity index (χ4n) is 2.81. The van der Waals surface area contributed by atoms with Crippen LogP contribution in [0.25, 0.3) is 0 Å². The predicted octanol–water partition coefficient (Wildman–Crippen LogP) is 4.99. The zero-order chi connectivity index (χ0) is 17.8. The van der Waals surface area contributed by atoms with Gasteiger partial charge in [-0.3, -0.25) is 9.97 Å². The van der Waals surface area contributed by atoms with Gasteiger partial charge in [0, 0.05) is 12.4 Å². The maximum Gasteiger partial charge on any atom is 0.0636 e. The first-order valence-electron chi connectivity index (χ1n) is 8.57. The molecular weight excluding hydrogens is 330 g/mol. The van der Waals surface area contributed by atoms with Crippen molar-refractivity contribution >= 4 is 26.7 Å². The van der Waals surface area contributed by atoms with Crippen LogP contribution < -0.4 is 10.9 Å². The molecule has 24 heavy (non-hydrogen) atoms. The fourth-order valence-corrected chi connectivity index (χ4v) is 8.53. The number of pyridine rings is 2. The van der Waals surface area contributed by atoms with E-state index in [0.717, 1.165) is 0 Å². The monoisotopic (exact) mass is 360 g/mol. The minimum atomic E-state index is -0.290. The summed E-state index contributed by atoms with van der Waals surface area (Å²) in [5, 5.41) is 0.541. The minimum Gasteiger partial charge on any atom is -0.257 e. The van der Waals surface area contributed by atoms with Crippen molar-refractivity contribution in [2.75, 3.05) is 12.3 Å². The van der Waals surface area contributed by atoms with E-state index >= 15 is 0 Å². The average Bonchev–Trinajstić information content (AvgIpc) is 2.51. The van der Waals surface area contributed by atoms with Crippen molar-refractivity contribution < 1.29 is 0 Å². The Kier molecular flexibility index (Phi) is 6.52. The van der Waals surface area contributed by atoms with Crippen molar-refractivity contribution in [2.45, 2.75) is 51.9 Å². The highest BCUT2D eigenvalue weighted by Gasteiger charge is 2.31. The Labute approximate surface area is 150 Å². The minimum absolute atomic E-state index is 0.271. The summed E-state index contributed by atoms with van der Waals surface area (Å²) >= 11 is 0. The molecule has 0 saturated carbocycles. The van der Waals surface area contributed by atoms with Crippen LogP contribution in [0.3, 0.4) is 0 Å². The third kappa shape index (κ3) is 5.33. The molecule has 2 atom stereocenters. The van der Waals surface area contributed by atoms with E-state index in [1.165, 1.54) is 23.2 Å². The van der Waals surface area contributed by atoms with Crippen LogP contribution in [-0.4, -0.2) is 32.6 Å². The maximum atomic E-state index is 4.68. The van der Waals surface area contributed by atoms with Crippen molar-refractivity contribution in [1.82, 2.24) is 9.97 Å². The Morgan fingerprint density at radius 3 is 1.29 bits per heavy atom. The van der Waals surface area contributed by atoms with Crippen LogP contribution in [0.2, 0.25) is 0 Å². The summed E-state index contributed by atoms with van der Waals surface area (Å²) < 4.78 is 0. The Bertz CT molecular complexity index is 558. The molecule has 2 unspecified atom stereocenters. The molecule has 4 heteroatoms. The lowest BCUT2D eigenvalue weighted by atomic mass is 10.3. The summed E-state index contributed by atoms with van der Waals surface area (Å²) in [4.78, 5) is 9.36. The highest BCUT2D eigenvalue weighted by atomic mass is 31.1. The van der Waals surface area contributed by atoms with Gasteiger partial charge in [-0.15, -0.1) is 0 Å². The summed E-state index contributed by atoms with van der Waals surface area (Å²) in [6.07, 6.45) is 6.30. The van der Waals surface area contributed by atoms with E-state index in [1.807, 2.05) is 24.5 Å². The molecule has 0 aromatic carbocycles. The Hall–Kier alpha value is -0.840. The lowest BCUT2D eigenvalue weighted by Crippen LogP contribution is -2.28. The second-order valence-electron chi connectivity index (χ2n) is 8.02. The first-order chi connectivity index (χ1) is 11.2. The molecule has 2 aromatic rings. The van der Waals surface area contributed by atoms with Crippen LogP contribution >= 0.6 is 15.8 Å². The van der Waals surface area contributed by atoms with E-state index in [4.69, 9.17) is 0 Å². The number of nitrogens with zero attached hydrogens (tertiary/aromatic N) is 2. The van der Waals surface area contributed by atoms with Crippen LogP contribution in [0.4, 0.5) is 0 Å². The van der Waals surface area contributed by atoms with Gasteiger partial charge >= 0.3 is 0 Å². The van der Waals surface area contributed by atoms with Gasteiger partial charge in [-0.25, -0.2) is 0 Å². The highest BCUT2D eigenvalue weighted by Crippen LogP contribution is 2.54. The molecule has 0 N–H and O–H groups in total. The normalized spacial score (nSPS) is 15.1. The second-order valence-corrected chi connectivity index (χ2v) is 14.2. The molecule has 0 aliphatic carbocycles. The van der Waals surface area contributed by atoms with E-state index in [2.05, 4.69) is 75.8 Å². The first kappa shape index (κ1) is 19.5. The van der Waals surface area contributed by atoms with Gasteiger partial charge in [-0.2, -0.15) is 0 Å². The predicted molar refractivity (Wildman–Crippen MR) is 111 cm³/mol. The third-order valence-electron chi connectivity index (χ3n) is 4.02. The quantitative estimate of drug-likeness (QED) is 0.702. The van der Waals surface area contributed by atoms with Crippen LogP contribution in [0.15, 0.2) is 48.8 Å². The molecular formula is C20H30N2P2. The van der Waals surface area contributed by atoms with E-state index < -0.39 is 0 Å². The zero-order valence-corrected chi connectivity index (χ0v) is 17.6. The third-order valence-corrected chi connectivity index (χ3v) is 10.6. The maximum absolute atomic E-state index is 4.68. The molecule has 0 bridgehead atoms. The number of rotatable bonds is 5. The Morgan fingerprint density at radius 1 is 0.667 bits per heavy atom. The van der Waals surface area contributed by atoms with Crippen LogP contribution in [0, 0.1) is 0 Å². The molecule has 130 valence electrons. The molecule has 2 heterocycles. The second kappa shape index (κ2) is 8.03. The van der Waals surface area contributed by atoms with E-state index in [9.17, 15) is 0 Å².